The van der Waals surface area contributed by atoms with Crippen LogP contribution in [0.5, 0.6) is 0 Å². The van der Waals surface area contributed by atoms with Crippen molar-refractivity contribution < 1.29 is 0 Å². The number of fused-ring (bicyclic) bond motifs is 1. The summed E-state index contributed by atoms with van der Waals surface area (Å²) < 4.78 is 0. The molecule has 0 atom stereocenters. The number of aryl methyl sites for hydroxylation is 1. The number of rotatable bonds is 4. The molecule has 20 heavy (non-hydrogen) atoms. The number of anilines is 2. The number of aromatic nitrogens is 1. The van der Waals surface area contributed by atoms with Crippen molar-refractivity contribution in [2.45, 2.75) is 26.3 Å². The maximum Gasteiger partial charge on any atom is 0.0642 e. The zero-order chi connectivity index (χ0) is 13.8. The number of hydrogen-bond donors (Lipinski definition) is 1. The van der Waals surface area contributed by atoms with E-state index in [0.717, 1.165) is 19.6 Å². The molecule has 0 unspecified atom stereocenters. The van der Waals surface area contributed by atoms with E-state index in [4.69, 9.17) is 0 Å². The monoisotopic (exact) mass is 267 g/mol. The molecule has 0 bridgehead atoms. The van der Waals surface area contributed by atoms with Crippen molar-refractivity contribution in [1.29, 1.82) is 0 Å². The highest BCUT2D eigenvalue weighted by molar-refractivity contribution is 5.69. The van der Waals surface area contributed by atoms with Crippen LogP contribution in [-0.4, -0.2) is 18.1 Å². The number of pyridine rings is 1. The van der Waals surface area contributed by atoms with Crippen LogP contribution in [-0.2, 0) is 13.0 Å². The molecule has 1 aliphatic heterocycles. The third-order valence-corrected chi connectivity index (χ3v) is 3.85. The summed E-state index contributed by atoms with van der Waals surface area (Å²) in [5.74, 6) is 0. The molecule has 104 valence electrons. The average molecular weight is 267 g/mol. The first kappa shape index (κ1) is 13.1. The Labute approximate surface area is 120 Å². The van der Waals surface area contributed by atoms with Crippen molar-refractivity contribution in [2.24, 2.45) is 0 Å². The normalized spacial score (nSPS) is 14.2. The van der Waals surface area contributed by atoms with E-state index in [1.165, 1.54) is 35.3 Å². The maximum atomic E-state index is 4.33. The summed E-state index contributed by atoms with van der Waals surface area (Å²) in [4.78, 5) is 6.75. The van der Waals surface area contributed by atoms with Gasteiger partial charge in [0.25, 0.3) is 0 Å². The van der Waals surface area contributed by atoms with Crippen molar-refractivity contribution in [1.82, 2.24) is 10.3 Å². The minimum atomic E-state index is 0.896. The Morgan fingerprint density at radius 2 is 2.10 bits per heavy atom. The van der Waals surface area contributed by atoms with Crippen molar-refractivity contribution in [3.05, 3.63) is 53.9 Å². The molecule has 1 N–H and O–H groups in total. The van der Waals surface area contributed by atoms with Gasteiger partial charge in [-0.25, -0.2) is 0 Å². The molecular formula is C17H21N3. The van der Waals surface area contributed by atoms with E-state index in [1.807, 2.05) is 12.4 Å². The molecule has 0 fully saturated rings. The molecule has 0 saturated carbocycles. The van der Waals surface area contributed by atoms with Crippen LogP contribution >= 0.6 is 0 Å². The van der Waals surface area contributed by atoms with Gasteiger partial charge in [-0.2, -0.15) is 0 Å². The van der Waals surface area contributed by atoms with Crippen LogP contribution in [0.1, 0.15) is 24.5 Å². The minimum absolute atomic E-state index is 0.896. The summed E-state index contributed by atoms with van der Waals surface area (Å²) in [5, 5.41) is 3.41. The van der Waals surface area contributed by atoms with Crippen molar-refractivity contribution in [3.8, 4) is 0 Å². The summed E-state index contributed by atoms with van der Waals surface area (Å²) in [6, 6.07) is 10.8. The summed E-state index contributed by atoms with van der Waals surface area (Å²) in [6.45, 7) is 5.09. The standard InChI is InChI=1S/C17H21N3/c1-2-18-12-15-9-10-19-13-17(15)20-11-5-7-14-6-3-4-8-16(14)20/h3-4,6,8-10,13,18H,2,5,7,11-12H2,1H3. The van der Waals surface area contributed by atoms with E-state index in [-0.39, 0.29) is 0 Å². The zero-order valence-corrected chi connectivity index (χ0v) is 12.0. The highest BCUT2D eigenvalue weighted by Crippen LogP contribution is 2.34. The Balaban J connectivity index is 1.98. The van der Waals surface area contributed by atoms with E-state index < -0.39 is 0 Å². The van der Waals surface area contributed by atoms with E-state index >= 15 is 0 Å². The second-order valence-electron chi connectivity index (χ2n) is 5.17. The molecule has 3 rings (SSSR count). The van der Waals surface area contributed by atoms with Gasteiger partial charge in [0, 0.05) is 25.0 Å². The minimum Gasteiger partial charge on any atom is -0.340 e. The van der Waals surface area contributed by atoms with E-state index in [0.29, 0.717) is 0 Å². The zero-order valence-electron chi connectivity index (χ0n) is 12.0. The lowest BCUT2D eigenvalue weighted by molar-refractivity contribution is 0.716. The fraction of sp³-hybridized carbons (Fsp3) is 0.353. The van der Waals surface area contributed by atoms with Crippen LogP contribution in [0, 0.1) is 0 Å². The molecule has 0 saturated heterocycles. The SMILES string of the molecule is CCNCc1ccncc1N1CCCc2ccccc21. The number of para-hydroxylation sites is 1. The second kappa shape index (κ2) is 6.06. The molecule has 0 amide bonds. The molecular weight excluding hydrogens is 246 g/mol. The number of nitrogens with one attached hydrogen (secondary N) is 1. The van der Waals surface area contributed by atoms with Gasteiger partial charge in [-0.1, -0.05) is 25.1 Å². The third-order valence-electron chi connectivity index (χ3n) is 3.85. The summed E-state index contributed by atoms with van der Waals surface area (Å²) >= 11 is 0. The van der Waals surface area contributed by atoms with Gasteiger partial charge in [0.05, 0.1) is 11.9 Å². The van der Waals surface area contributed by atoms with Gasteiger partial charge in [0.15, 0.2) is 0 Å². The number of hydrogen-bond acceptors (Lipinski definition) is 3. The molecule has 3 nitrogen and oxygen atoms in total. The Hall–Kier alpha value is -1.87. The van der Waals surface area contributed by atoms with Crippen LogP contribution in [0.15, 0.2) is 42.7 Å². The van der Waals surface area contributed by atoms with Gasteiger partial charge in [0.2, 0.25) is 0 Å². The molecule has 0 aliphatic carbocycles. The molecule has 1 aliphatic rings. The van der Waals surface area contributed by atoms with Gasteiger partial charge < -0.3 is 10.2 Å². The molecule has 2 aromatic rings. The molecule has 1 aromatic carbocycles. The second-order valence-corrected chi connectivity index (χ2v) is 5.17. The predicted molar refractivity (Wildman–Crippen MR) is 83.4 cm³/mol. The molecule has 1 aromatic heterocycles. The molecule has 2 heterocycles. The number of benzene rings is 1. The van der Waals surface area contributed by atoms with Crippen molar-refractivity contribution in [3.63, 3.8) is 0 Å². The highest BCUT2D eigenvalue weighted by atomic mass is 15.2. The fourth-order valence-electron chi connectivity index (χ4n) is 2.85. The maximum absolute atomic E-state index is 4.33. The smallest absolute Gasteiger partial charge is 0.0642 e. The summed E-state index contributed by atoms with van der Waals surface area (Å²) in [6.07, 6.45) is 6.25. The van der Waals surface area contributed by atoms with Crippen LogP contribution in [0.25, 0.3) is 0 Å². The first-order valence-electron chi connectivity index (χ1n) is 7.39. The lowest BCUT2D eigenvalue weighted by atomic mass is 10.0. The average Bonchev–Trinajstić information content (AvgIpc) is 2.53. The molecule has 0 spiro atoms. The third kappa shape index (κ3) is 2.54. The van der Waals surface area contributed by atoms with Gasteiger partial charge in [-0.05, 0) is 42.6 Å². The van der Waals surface area contributed by atoms with E-state index in [2.05, 4.69) is 52.5 Å². The Morgan fingerprint density at radius 3 is 3.00 bits per heavy atom. The number of nitrogens with zero attached hydrogens (tertiary/aromatic N) is 2. The van der Waals surface area contributed by atoms with Gasteiger partial charge in [-0.15, -0.1) is 0 Å². The summed E-state index contributed by atoms with van der Waals surface area (Å²) in [7, 11) is 0. The van der Waals surface area contributed by atoms with Gasteiger partial charge >= 0.3 is 0 Å². The highest BCUT2D eigenvalue weighted by Gasteiger charge is 2.19. The Kier molecular flexibility index (Phi) is 3.97. The van der Waals surface area contributed by atoms with Crippen LogP contribution < -0.4 is 10.2 Å². The fourth-order valence-corrected chi connectivity index (χ4v) is 2.85. The van der Waals surface area contributed by atoms with Crippen LogP contribution in [0.3, 0.4) is 0 Å². The van der Waals surface area contributed by atoms with Crippen molar-refractivity contribution >= 4 is 11.4 Å². The van der Waals surface area contributed by atoms with Gasteiger partial charge in [0.1, 0.15) is 0 Å². The largest absolute Gasteiger partial charge is 0.340 e. The van der Waals surface area contributed by atoms with Crippen LogP contribution in [0.4, 0.5) is 11.4 Å². The lowest BCUT2D eigenvalue weighted by Gasteiger charge is -2.32. The lowest BCUT2D eigenvalue weighted by Crippen LogP contribution is -2.26. The first-order valence-corrected chi connectivity index (χ1v) is 7.39. The molecule has 3 heteroatoms. The molecule has 0 radical (unpaired) electrons. The van der Waals surface area contributed by atoms with E-state index in [1.54, 1.807) is 0 Å². The predicted octanol–water partition coefficient (Wildman–Crippen LogP) is 3.28. The topological polar surface area (TPSA) is 28.2 Å². The van der Waals surface area contributed by atoms with Gasteiger partial charge in [-0.3, -0.25) is 4.98 Å². The van der Waals surface area contributed by atoms with Crippen molar-refractivity contribution in [2.75, 3.05) is 18.0 Å². The Morgan fingerprint density at radius 1 is 1.20 bits per heavy atom. The quantitative estimate of drug-likeness (QED) is 0.921. The Bertz CT molecular complexity index is 580. The van der Waals surface area contributed by atoms with E-state index in [9.17, 15) is 0 Å². The summed E-state index contributed by atoms with van der Waals surface area (Å²) in [5.41, 5.74) is 5.33. The first-order chi connectivity index (χ1) is 9.90. The van der Waals surface area contributed by atoms with Crippen LogP contribution in [0.2, 0.25) is 0 Å².